The van der Waals surface area contributed by atoms with Gasteiger partial charge in [-0.1, -0.05) is 303 Å². The van der Waals surface area contributed by atoms with Gasteiger partial charge in [0.05, 0.1) is 26.4 Å². The minimum atomic E-state index is -4.96. The molecule has 19 heteroatoms. The molecule has 5 atom stereocenters. The maximum absolute atomic E-state index is 13.0. The summed E-state index contributed by atoms with van der Waals surface area (Å²) in [5, 5.41) is 10.6. The molecule has 3 N–H and O–H groups in total. The Hall–Kier alpha value is -2.46. The second-order valence-corrected chi connectivity index (χ2v) is 29.0. The molecule has 0 saturated carbocycles. The number of esters is 4. The van der Waals surface area contributed by atoms with E-state index < -0.39 is 97.5 Å². The van der Waals surface area contributed by atoms with Crippen LogP contribution in [0.4, 0.5) is 0 Å². The maximum Gasteiger partial charge on any atom is 0.472 e. The topological polar surface area (TPSA) is 237 Å². The van der Waals surface area contributed by atoms with Crippen LogP contribution < -0.4 is 0 Å². The van der Waals surface area contributed by atoms with Gasteiger partial charge in [-0.05, 0) is 57.3 Å². The quantitative estimate of drug-likeness (QED) is 0.0169. The third-order valence-corrected chi connectivity index (χ3v) is 18.3. The minimum absolute atomic E-state index is 0.0853. The van der Waals surface area contributed by atoms with E-state index in [4.69, 9.17) is 37.0 Å². The van der Waals surface area contributed by atoms with Gasteiger partial charge in [0.2, 0.25) is 0 Å². The normalized spacial score (nSPS) is 14.2. The second-order valence-electron chi connectivity index (χ2n) is 26.1. The van der Waals surface area contributed by atoms with Crippen molar-refractivity contribution in [2.45, 2.75) is 374 Å². The first kappa shape index (κ1) is 89.5. The van der Waals surface area contributed by atoms with E-state index in [9.17, 15) is 43.2 Å². The molecule has 17 nitrogen and oxygen atoms in total. The summed E-state index contributed by atoms with van der Waals surface area (Å²) in [5.41, 5.74) is 0. The molecule has 0 fully saturated rings. The van der Waals surface area contributed by atoms with Crippen molar-refractivity contribution >= 4 is 39.5 Å². The lowest BCUT2D eigenvalue weighted by molar-refractivity contribution is -0.161. The van der Waals surface area contributed by atoms with Crippen molar-refractivity contribution in [1.82, 2.24) is 0 Å². The molecule has 0 radical (unpaired) electrons. The fourth-order valence-electron chi connectivity index (χ4n) is 10.6. The molecule has 0 aliphatic carbocycles. The van der Waals surface area contributed by atoms with Gasteiger partial charge in [0.1, 0.15) is 19.3 Å². The molecule has 0 aromatic rings. The Morgan fingerprint density at radius 1 is 0.337 bits per heavy atom. The van der Waals surface area contributed by atoms with Crippen molar-refractivity contribution in [3.05, 3.63) is 24.3 Å². The molecule has 0 aromatic heterocycles. The van der Waals surface area contributed by atoms with Crippen LogP contribution in [0.1, 0.15) is 356 Å². The molecule has 0 saturated heterocycles. The van der Waals surface area contributed by atoms with Gasteiger partial charge in [0, 0.05) is 25.7 Å². The monoisotopic (exact) mass is 1350 g/mol. The molecule has 2 unspecified atom stereocenters. The highest BCUT2D eigenvalue weighted by atomic mass is 31.2. The van der Waals surface area contributed by atoms with Crippen molar-refractivity contribution in [2.24, 2.45) is 5.92 Å². The summed E-state index contributed by atoms with van der Waals surface area (Å²) in [6, 6.07) is 0. The summed E-state index contributed by atoms with van der Waals surface area (Å²) >= 11 is 0. The number of ether oxygens (including phenoxy) is 4. The summed E-state index contributed by atoms with van der Waals surface area (Å²) in [5.74, 6) is -1.37. The Kier molecular flexibility index (Phi) is 64.0. The van der Waals surface area contributed by atoms with Crippen LogP contribution in [-0.4, -0.2) is 96.7 Å². The van der Waals surface area contributed by atoms with E-state index in [1.807, 2.05) is 0 Å². The van der Waals surface area contributed by atoms with Gasteiger partial charge in [-0.3, -0.25) is 37.3 Å². The van der Waals surface area contributed by atoms with E-state index in [2.05, 4.69) is 58.9 Å². The number of rotatable bonds is 71. The Morgan fingerprint density at radius 3 is 0.891 bits per heavy atom. The van der Waals surface area contributed by atoms with E-state index in [-0.39, 0.29) is 25.7 Å². The summed E-state index contributed by atoms with van der Waals surface area (Å²) in [6.07, 6.45) is 56.1. The van der Waals surface area contributed by atoms with Gasteiger partial charge in [0.25, 0.3) is 0 Å². The van der Waals surface area contributed by atoms with Crippen molar-refractivity contribution in [1.29, 1.82) is 0 Å². The predicted molar refractivity (Wildman–Crippen MR) is 372 cm³/mol. The van der Waals surface area contributed by atoms with E-state index in [1.54, 1.807) is 0 Å². The molecule has 0 spiro atoms. The van der Waals surface area contributed by atoms with Crippen LogP contribution in [-0.2, 0) is 65.4 Å². The van der Waals surface area contributed by atoms with Crippen LogP contribution in [0.2, 0.25) is 0 Å². The molecule has 0 bridgehead atoms. The lowest BCUT2D eigenvalue weighted by Gasteiger charge is -2.21. The Balaban J connectivity index is 5.28. The zero-order chi connectivity index (χ0) is 67.7. The molecular formula is C73H138O17P2. The van der Waals surface area contributed by atoms with E-state index in [0.717, 1.165) is 109 Å². The number of allylic oxidation sites excluding steroid dienone is 4. The van der Waals surface area contributed by atoms with E-state index in [1.165, 1.54) is 167 Å². The summed E-state index contributed by atoms with van der Waals surface area (Å²) < 4.78 is 68.3. The standard InChI is InChI=1S/C73H138O17P2/c1-6-9-12-15-18-21-24-26-27-28-34-39-44-49-54-59-73(78)90-69(63-84-71(76)57-52-47-42-37-33-30-29-31-35-40-45-50-55-66(4)5)65-88-92(81,82)86-61-67(74)60-85-91(79,80)87-64-68(62-83-70(75)56-51-46-41-36-23-20-17-14-11-8-3)89-72(77)58-53-48-43-38-32-25-22-19-16-13-10-7-2/h21,24,26-27,66-69,74H,6-20,22-23,25,28-65H2,1-5H3,(H,79,80)(H,81,82)/b24-21-,27-26-/t67-,68+,69+/m0/s1. The number of carbonyl (C=O) groups is 4. The van der Waals surface area contributed by atoms with Crippen molar-refractivity contribution < 1.29 is 80.2 Å². The lowest BCUT2D eigenvalue weighted by atomic mass is 10.0. The number of phosphoric ester groups is 2. The highest BCUT2D eigenvalue weighted by Gasteiger charge is 2.30. The number of aliphatic hydroxyl groups excluding tert-OH is 1. The molecule has 0 heterocycles. The van der Waals surface area contributed by atoms with Crippen LogP contribution in [0.5, 0.6) is 0 Å². The zero-order valence-electron chi connectivity index (χ0n) is 59.2. The molecule has 0 aliphatic rings. The number of aliphatic hydroxyl groups is 1. The third-order valence-electron chi connectivity index (χ3n) is 16.4. The highest BCUT2D eigenvalue weighted by Crippen LogP contribution is 2.45. The van der Waals surface area contributed by atoms with Gasteiger partial charge in [-0.2, -0.15) is 0 Å². The van der Waals surface area contributed by atoms with Crippen molar-refractivity contribution in [3.8, 4) is 0 Å². The number of hydrogen-bond donors (Lipinski definition) is 3. The predicted octanol–water partition coefficient (Wildman–Crippen LogP) is 20.9. The van der Waals surface area contributed by atoms with Gasteiger partial charge < -0.3 is 33.8 Å². The Bertz CT molecular complexity index is 1860. The number of carbonyl (C=O) groups excluding carboxylic acids is 4. The summed E-state index contributed by atoms with van der Waals surface area (Å²) in [6.45, 7) is 7.21. The molecule has 542 valence electrons. The van der Waals surface area contributed by atoms with E-state index in [0.29, 0.717) is 25.7 Å². The Labute approximate surface area is 561 Å². The van der Waals surface area contributed by atoms with Crippen LogP contribution in [0.3, 0.4) is 0 Å². The number of hydrogen-bond acceptors (Lipinski definition) is 15. The van der Waals surface area contributed by atoms with Crippen LogP contribution in [0.25, 0.3) is 0 Å². The van der Waals surface area contributed by atoms with Crippen molar-refractivity contribution in [2.75, 3.05) is 39.6 Å². The molecule has 0 aliphatic heterocycles. The first-order valence-electron chi connectivity index (χ1n) is 37.5. The minimum Gasteiger partial charge on any atom is -0.462 e. The summed E-state index contributed by atoms with van der Waals surface area (Å²) in [7, 11) is -9.92. The van der Waals surface area contributed by atoms with Crippen LogP contribution >= 0.6 is 15.6 Å². The van der Waals surface area contributed by atoms with Crippen LogP contribution in [0.15, 0.2) is 24.3 Å². The smallest absolute Gasteiger partial charge is 0.462 e. The van der Waals surface area contributed by atoms with E-state index >= 15 is 0 Å². The summed E-state index contributed by atoms with van der Waals surface area (Å²) in [4.78, 5) is 72.6. The zero-order valence-corrected chi connectivity index (χ0v) is 61.0. The SMILES string of the molecule is CCCCCC/C=C\C=C/CCCCCCCC(=O)O[C@H](COC(=O)CCCCCCCCCCCCCCC(C)C)COP(=O)(O)OC[C@@H](O)COP(=O)(O)OC[C@@H](COC(=O)CCCCCCCCCCCC)OC(=O)CCCCCCCCCCCCCC. The van der Waals surface area contributed by atoms with Gasteiger partial charge in [-0.25, -0.2) is 9.13 Å². The molecule has 0 rings (SSSR count). The lowest BCUT2D eigenvalue weighted by Crippen LogP contribution is -2.30. The molecular weight excluding hydrogens is 1210 g/mol. The first-order valence-corrected chi connectivity index (χ1v) is 40.4. The van der Waals surface area contributed by atoms with Crippen LogP contribution in [0, 0.1) is 5.92 Å². The third kappa shape index (κ3) is 66.2. The first-order chi connectivity index (χ1) is 44.5. The molecule has 0 amide bonds. The van der Waals surface area contributed by atoms with Crippen molar-refractivity contribution in [3.63, 3.8) is 0 Å². The maximum atomic E-state index is 13.0. The fourth-order valence-corrected chi connectivity index (χ4v) is 12.2. The average Bonchev–Trinajstić information content (AvgIpc) is 1.93. The number of unbranched alkanes of at least 4 members (excludes halogenated alkanes) is 40. The molecule has 92 heavy (non-hydrogen) atoms. The van der Waals surface area contributed by atoms with Gasteiger partial charge in [-0.15, -0.1) is 0 Å². The highest BCUT2D eigenvalue weighted by molar-refractivity contribution is 7.47. The fraction of sp³-hybridized carbons (Fsp3) is 0.890. The average molecular weight is 1350 g/mol. The van der Waals surface area contributed by atoms with Gasteiger partial charge >= 0.3 is 39.5 Å². The van der Waals surface area contributed by atoms with Gasteiger partial charge in [0.15, 0.2) is 12.2 Å². The molecule has 0 aromatic carbocycles. The number of phosphoric acid groups is 2. The second kappa shape index (κ2) is 65.8. The largest absolute Gasteiger partial charge is 0.472 e. The Morgan fingerprint density at radius 2 is 0.587 bits per heavy atom.